The minimum Gasteiger partial charge on any atom is -0.310 e. The third kappa shape index (κ3) is 4.43. The van der Waals surface area contributed by atoms with Gasteiger partial charge in [0.15, 0.2) is 0 Å². The maximum absolute atomic E-state index is 2.36. The van der Waals surface area contributed by atoms with Crippen molar-refractivity contribution in [3.8, 4) is 16.8 Å². The van der Waals surface area contributed by atoms with E-state index in [9.17, 15) is 0 Å². The number of fused-ring (bicyclic) bond motifs is 5. The molecule has 0 bridgehead atoms. The largest absolute Gasteiger partial charge is 0.310 e. The van der Waals surface area contributed by atoms with Gasteiger partial charge in [-0.3, -0.25) is 0 Å². The number of anilines is 3. The molecule has 1 aromatic heterocycles. The van der Waals surface area contributed by atoms with Crippen molar-refractivity contribution in [2.75, 3.05) is 4.90 Å². The summed E-state index contributed by atoms with van der Waals surface area (Å²) in [6.45, 7) is 0. The van der Waals surface area contributed by atoms with Gasteiger partial charge < -0.3 is 9.47 Å². The highest BCUT2D eigenvalue weighted by Crippen LogP contribution is 2.39. The van der Waals surface area contributed by atoms with Crippen LogP contribution in [0.25, 0.3) is 60.2 Å². The minimum absolute atomic E-state index is 1.12. The Labute approximate surface area is 268 Å². The third-order valence-corrected chi connectivity index (χ3v) is 9.15. The highest BCUT2D eigenvalue weighted by molar-refractivity contribution is 6.09. The van der Waals surface area contributed by atoms with Crippen LogP contribution in [-0.2, 0) is 0 Å². The van der Waals surface area contributed by atoms with E-state index in [2.05, 4.69) is 191 Å². The van der Waals surface area contributed by atoms with E-state index in [0.29, 0.717) is 0 Å². The summed E-state index contributed by atoms with van der Waals surface area (Å²) in [5.41, 5.74) is 9.39. The van der Waals surface area contributed by atoms with E-state index in [4.69, 9.17) is 0 Å². The first-order valence-electron chi connectivity index (χ1n) is 15.8. The van der Waals surface area contributed by atoms with Gasteiger partial charge in [-0.25, -0.2) is 0 Å². The van der Waals surface area contributed by atoms with Crippen molar-refractivity contribution in [1.29, 1.82) is 0 Å². The molecular formula is C44H30N2. The molecule has 9 aromatic rings. The van der Waals surface area contributed by atoms with E-state index in [-0.39, 0.29) is 0 Å². The second-order valence-corrected chi connectivity index (χ2v) is 11.9. The monoisotopic (exact) mass is 586 g/mol. The SMILES string of the molecule is c1ccc2cc(N(c3ccc(-c4ccc(-n5c6ccccc6c6ccccc65)cc4)cc3)c3ccc4ccccc4c3)ccc2c1. The van der Waals surface area contributed by atoms with E-state index in [1.54, 1.807) is 0 Å². The normalized spacial score (nSPS) is 11.5. The zero-order chi connectivity index (χ0) is 30.5. The van der Waals surface area contributed by atoms with Crippen LogP contribution in [0.15, 0.2) is 182 Å². The summed E-state index contributed by atoms with van der Waals surface area (Å²) in [6, 6.07) is 65.7. The van der Waals surface area contributed by atoms with Crippen molar-refractivity contribution < 1.29 is 0 Å². The molecule has 0 amide bonds. The predicted octanol–water partition coefficient (Wildman–Crippen LogP) is 12.2. The lowest BCUT2D eigenvalue weighted by atomic mass is 10.0. The Morgan fingerprint density at radius 2 is 0.739 bits per heavy atom. The van der Waals surface area contributed by atoms with Crippen LogP contribution in [0.4, 0.5) is 17.1 Å². The summed E-state index contributed by atoms with van der Waals surface area (Å²) >= 11 is 0. The van der Waals surface area contributed by atoms with Gasteiger partial charge in [-0.1, -0.05) is 121 Å². The number of hydrogen-bond donors (Lipinski definition) is 0. The molecule has 0 fully saturated rings. The fourth-order valence-electron chi connectivity index (χ4n) is 6.89. The lowest BCUT2D eigenvalue weighted by molar-refractivity contribution is 1.18. The fourth-order valence-corrected chi connectivity index (χ4v) is 6.89. The number of benzene rings is 8. The highest BCUT2D eigenvalue weighted by atomic mass is 15.1. The van der Waals surface area contributed by atoms with Crippen molar-refractivity contribution in [1.82, 2.24) is 4.57 Å². The van der Waals surface area contributed by atoms with Gasteiger partial charge in [-0.05, 0) is 93.3 Å². The zero-order valence-corrected chi connectivity index (χ0v) is 25.2. The second kappa shape index (κ2) is 10.8. The molecule has 46 heavy (non-hydrogen) atoms. The number of rotatable bonds is 5. The van der Waals surface area contributed by atoms with Crippen LogP contribution in [0.3, 0.4) is 0 Å². The first-order valence-corrected chi connectivity index (χ1v) is 15.8. The molecule has 216 valence electrons. The third-order valence-electron chi connectivity index (χ3n) is 9.15. The summed E-state index contributed by atoms with van der Waals surface area (Å²) in [5, 5.41) is 7.49. The average Bonchev–Trinajstić information content (AvgIpc) is 3.46. The van der Waals surface area contributed by atoms with Gasteiger partial charge in [0.25, 0.3) is 0 Å². The van der Waals surface area contributed by atoms with Gasteiger partial charge in [-0.15, -0.1) is 0 Å². The van der Waals surface area contributed by atoms with Crippen LogP contribution in [0.2, 0.25) is 0 Å². The summed E-state index contributed by atoms with van der Waals surface area (Å²) in [7, 11) is 0. The second-order valence-electron chi connectivity index (χ2n) is 11.9. The van der Waals surface area contributed by atoms with E-state index in [1.165, 1.54) is 54.5 Å². The molecule has 0 aliphatic rings. The van der Waals surface area contributed by atoms with Crippen molar-refractivity contribution in [3.63, 3.8) is 0 Å². The fraction of sp³-hybridized carbons (Fsp3) is 0. The zero-order valence-electron chi connectivity index (χ0n) is 25.2. The average molecular weight is 587 g/mol. The van der Waals surface area contributed by atoms with E-state index < -0.39 is 0 Å². The molecule has 0 radical (unpaired) electrons. The van der Waals surface area contributed by atoms with E-state index in [0.717, 1.165) is 22.7 Å². The molecule has 2 nitrogen and oxygen atoms in total. The van der Waals surface area contributed by atoms with Gasteiger partial charge in [0, 0.05) is 33.5 Å². The van der Waals surface area contributed by atoms with Crippen molar-refractivity contribution in [2.24, 2.45) is 0 Å². The summed E-state index contributed by atoms with van der Waals surface area (Å²) < 4.78 is 2.36. The molecule has 8 aromatic carbocycles. The summed E-state index contributed by atoms with van der Waals surface area (Å²) in [4.78, 5) is 2.36. The lowest BCUT2D eigenvalue weighted by Gasteiger charge is -2.26. The smallest absolute Gasteiger partial charge is 0.0541 e. The summed E-state index contributed by atoms with van der Waals surface area (Å²) in [5.74, 6) is 0. The quantitative estimate of drug-likeness (QED) is 0.195. The molecule has 0 N–H and O–H groups in total. The maximum atomic E-state index is 2.36. The van der Waals surface area contributed by atoms with Crippen LogP contribution in [-0.4, -0.2) is 4.57 Å². The predicted molar refractivity (Wildman–Crippen MR) is 196 cm³/mol. The molecule has 0 saturated carbocycles. The van der Waals surface area contributed by atoms with E-state index in [1.807, 2.05) is 0 Å². The molecule has 0 atom stereocenters. The first kappa shape index (κ1) is 26.3. The molecule has 2 heteroatoms. The Morgan fingerprint density at radius 3 is 1.26 bits per heavy atom. The number of para-hydroxylation sites is 2. The Kier molecular flexibility index (Phi) is 6.17. The molecule has 1 heterocycles. The van der Waals surface area contributed by atoms with Crippen molar-refractivity contribution in [2.45, 2.75) is 0 Å². The molecule has 0 aliphatic heterocycles. The minimum atomic E-state index is 1.12. The molecule has 0 spiro atoms. The molecule has 0 saturated heterocycles. The van der Waals surface area contributed by atoms with Crippen LogP contribution in [0.1, 0.15) is 0 Å². The maximum Gasteiger partial charge on any atom is 0.0541 e. The standard InChI is InChI=1S/C44H30N2/c1-3-11-35-29-39(27-21-31(35)9-1)45(40-28-22-32-10-2-4-12-36(32)30-40)37-23-17-33(18-24-37)34-19-25-38(26-20-34)46-43-15-7-5-13-41(43)42-14-6-8-16-44(42)46/h1-30H. The van der Waals surface area contributed by atoms with E-state index >= 15 is 0 Å². The van der Waals surface area contributed by atoms with Crippen LogP contribution in [0.5, 0.6) is 0 Å². The van der Waals surface area contributed by atoms with Crippen molar-refractivity contribution in [3.05, 3.63) is 182 Å². The van der Waals surface area contributed by atoms with Crippen LogP contribution >= 0.6 is 0 Å². The Morgan fingerprint density at radius 1 is 0.326 bits per heavy atom. The highest BCUT2D eigenvalue weighted by Gasteiger charge is 2.15. The van der Waals surface area contributed by atoms with Gasteiger partial charge in [0.2, 0.25) is 0 Å². The molecular weight excluding hydrogens is 556 g/mol. The topological polar surface area (TPSA) is 8.17 Å². The number of aromatic nitrogens is 1. The van der Waals surface area contributed by atoms with Crippen molar-refractivity contribution >= 4 is 60.4 Å². The Balaban J connectivity index is 1.10. The Bertz CT molecular complexity index is 2390. The lowest BCUT2D eigenvalue weighted by Crippen LogP contribution is -2.09. The van der Waals surface area contributed by atoms with Gasteiger partial charge >= 0.3 is 0 Å². The number of hydrogen-bond acceptors (Lipinski definition) is 1. The summed E-state index contributed by atoms with van der Waals surface area (Å²) in [6.07, 6.45) is 0. The van der Waals surface area contributed by atoms with Crippen LogP contribution in [0, 0.1) is 0 Å². The number of nitrogens with zero attached hydrogens (tertiary/aromatic N) is 2. The van der Waals surface area contributed by atoms with Crippen LogP contribution < -0.4 is 4.90 Å². The first-order chi connectivity index (χ1) is 22.8. The van der Waals surface area contributed by atoms with Gasteiger partial charge in [-0.2, -0.15) is 0 Å². The molecule has 0 aliphatic carbocycles. The van der Waals surface area contributed by atoms with Gasteiger partial charge in [0.1, 0.15) is 0 Å². The molecule has 0 unspecified atom stereocenters. The molecule has 9 rings (SSSR count). The Hall–Kier alpha value is -6.12. The van der Waals surface area contributed by atoms with Gasteiger partial charge in [0.05, 0.1) is 11.0 Å².